The van der Waals surface area contributed by atoms with Gasteiger partial charge in [0.15, 0.2) is 0 Å². The van der Waals surface area contributed by atoms with Gasteiger partial charge in [0.05, 0.1) is 24.5 Å². The number of rotatable bonds is 5. The molecule has 0 aliphatic rings. The quantitative estimate of drug-likeness (QED) is 0.762. The molecule has 0 N–H and O–H groups in total. The van der Waals surface area contributed by atoms with Gasteiger partial charge in [0, 0.05) is 0 Å². The molecule has 1 aromatic heterocycles. The number of fused-ring (bicyclic) bond motifs is 1. The summed E-state index contributed by atoms with van der Waals surface area (Å²) in [6, 6.07) is 7.54. The van der Waals surface area contributed by atoms with Crippen LogP contribution in [-0.2, 0) is 9.53 Å². The van der Waals surface area contributed by atoms with E-state index in [9.17, 15) is 4.79 Å². The van der Waals surface area contributed by atoms with Crippen LogP contribution in [0.25, 0.3) is 11.0 Å². The zero-order valence-corrected chi connectivity index (χ0v) is 10.8. The van der Waals surface area contributed by atoms with Gasteiger partial charge in [0.1, 0.15) is 6.04 Å². The van der Waals surface area contributed by atoms with Crippen molar-refractivity contribution in [2.45, 2.75) is 32.2 Å². The highest BCUT2D eigenvalue weighted by Crippen LogP contribution is 2.22. The van der Waals surface area contributed by atoms with Crippen molar-refractivity contribution in [1.29, 1.82) is 0 Å². The lowest BCUT2D eigenvalue weighted by Gasteiger charge is -2.16. The highest BCUT2D eigenvalue weighted by atomic mass is 16.5. The van der Waals surface area contributed by atoms with Crippen LogP contribution in [0.4, 0.5) is 0 Å². The summed E-state index contributed by atoms with van der Waals surface area (Å²) >= 11 is 0. The first-order chi connectivity index (χ1) is 8.77. The van der Waals surface area contributed by atoms with Crippen LogP contribution in [-0.4, -0.2) is 22.6 Å². The molecule has 0 fully saturated rings. The van der Waals surface area contributed by atoms with Gasteiger partial charge in [0.2, 0.25) is 0 Å². The summed E-state index contributed by atoms with van der Waals surface area (Å²) in [5.74, 6) is -0.202. The number of carbonyl (C=O) groups is 1. The van der Waals surface area contributed by atoms with Crippen molar-refractivity contribution in [3.05, 3.63) is 30.6 Å². The minimum absolute atomic E-state index is 0.202. The maximum Gasteiger partial charge on any atom is 0.328 e. The summed E-state index contributed by atoms with van der Waals surface area (Å²) in [5, 5.41) is 0. The number of para-hydroxylation sites is 2. The Morgan fingerprint density at radius 2 is 2.22 bits per heavy atom. The number of benzene rings is 1. The molecule has 0 aliphatic carbocycles. The van der Waals surface area contributed by atoms with Crippen LogP contribution >= 0.6 is 0 Å². The third-order valence-corrected chi connectivity index (χ3v) is 3.12. The first kappa shape index (κ1) is 12.6. The van der Waals surface area contributed by atoms with Crippen LogP contribution < -0.4 is 0 Å². The van der Waals surface area contributed by atoms with E-state index < -0.39 is 0 Å². The van der Waals surface area contributed by atoms with Crippen molar-refractivity contribution in [1.82, 2.24) is 9.55 Å². The Morgan fingerprint density at radius 3 is 2.94 bits per heavy atom. The molecule has 1 heterocycles. The van der Waals surface area contributed by atoms with E-state index in [2.05, 4.69) is 11.9 Å². The van der Waals surface area contributed by atoms with E-state index in [-0.39, 0.29) is 12.0 Å². The first-order valence-electron chi connectivity index (χ1n) is 6.27. The molecule has 18 heavy (non-hydrogen) atoms. The van der Waals surface area contributed by atoms with E-state index >= 15 is 0 Å². The maximum atomic E-state index is 11.9. The average molecular weight is 246 g/mol. The highest BCUT2D eigenvalue weighted by molar-refractivity contribution is 5.80. The molecule has 1 aromatic carbocycles. The molecule has 4 nitrogen and oxygen atoms in total. The van der Waals surface area contributed by atoms with E-state index in [4.69, 9.17) is 4.74 Å². The van der Waals surface area contributed by atoms with Gasteiger partial charge < -0.3 is 9.30 Å². The third-order valence-electron chi connectivity index (χ3n) is 3.12. The number of aromatic nitrogens is 2. The molecule has 0 spiro atoms. The minimum atomic E-state index is -0.276. The topological polar surface area (TPSA) is 44.1 Å². The smallest absolute Gasteiger partial charge is 0.328 e. The standard InChI is InChI=1S/C14H18N2O2/c1-3-4-8-13(14(17)18-2)16-10-15-11-7-5-6-9-12(11)16/h5-7,9-10,13H,3-4,8H2,1-2H3. The number of esters is 1. The summed E-state index contributed by atoms with van der Waals surface area (Å²) in [5.41, 5.74) is 1.88. The molecule has 0 saturated carbocycles. The molecule has 0 aliphatic heterocycles. The van der Waals surface area contributed by atoms with Crippen LogP contribution in [0.3, 0.4) is 0 Å². The number of imidazole rings is 1. The lowest BCUT2D eigenvalue weighted by Crippen LogP contribution is -2.20. The summed E-state index contributed by atoms with van der Waals surface area (Å²) < 4.78 is 6.81. The van der Waals surface area contributed by atoms with E-state index in [0.717, 1.165) is 30.3 Å². The van der Waals surface area contributed by atoms with Crippen molar-refractivity contribution >= 4 is 17.0 Å². The molecule has 0 amide bonds. The van der Waals surface area contributed by atoms with Crippen molar-refractivity contribution in [3.63, 3.8) is 0 Å². The van der Waals surface area contributed by atoms with Gasteiger partial charge in [-0.1, -0.05) is 31.9 Å². The predicted molar refractivity (Wildman–Crippen MR) is 70.3 cm³/mol. The fraction of sp³-hybridized carbons (Fsp3) is 0.429. The highest BCUT2D eigenvalue weighted by Gasteiger charge is 2.22. The number of hydrogen-bond acceptors (Lipinski definition) is 3. The van der Waals surface area contributed by atoms with Crippen LogP contribution in [0, 0.1) is 0 Å². The molecular formula is C14H18N2O2. The van der Waals surface area contributed by atoms with E-state index in [1.54, 1.807) is 6.33 Å². The summed E-state index contributed by atoms with van der Waals surface area (Å²) in [6.07, 6.45) is 4.55. The molecule has 1 unspecified atom stereocenters. The fourth-order valence-electron chi connectivity index (χ4n) is 2.13. The Balaban J connectivity index is 2.37. The monoisotopic (exact) mass is 246 g/mol. The number of methoxy groups -OCH3 is 1. The fourth-order valence-corrected chi connectivity index (χ4v) is 2.13. The van der Waals surface area contributed by atoms with Gasteiger partial charge in [-0.15, -0.1) is 0 Å². The Bertz CT molecular complexity index is 533. The SMILES string of the molecule is CCCCC(C(=O)OC)n1cnc2ccccc21. The maximum absolute atomic E-state index is 11.9. The second-order valence-electron chi connectivity index (χ2n) is 4.32. The van der Waals surface area contributed by atoms with Crippen LogP contribution in [0.1, 0.15) is 32.2 Å². The Hall–Kier alpha value is -1.84. The van der Waals surface area contributed by atoms with Crippen LogP contribution in [0.2, 0.25) is 0 Å². The normalized spacial score (nSPS) is 12.6. The second-order valence-corrected chi connectivity index (χ2v) is 4.32. The third kappa shape index (κ3) is 2.37. The van der Waals surface area contributed by atoms with Gasteiger partial charge in [-0.05, 0) is 18.6 Å². The summed E-state index contributed by atoms with van der Waals surface area (Å²) in [4.78, 5) is 16.2. The van der Waals surface area contributed by atoms with Gasteiger partial charge in [0.25, 0.3) is 0 Å². The van der Waals surface area contributed by atoms with Gasteiger partial charge in [-0.2, -0.15) is 0 Å². The molecule has 0 saturated heterocycles. The molecule has 96 valence electrons. The largest absolute Gasteiger partial charge is 0.467 e. The lowest BCUT2D eigenvalue weighted by molar-refractivity contribution is -0.144. The minimum Gasteiger partial charge on any atom is -0.467 e. The second kappa shape index (κ2) is 5.67. The number of unbranched alkanes of at least 4 members (excludes halogenated alkanes) is 1. The first-order valence-corrected chi connectivity index (χ1v) is 6.27. The van der Waals surface area contributed by atoms with Crippen molar-refractivity contribution in [2.24, 2.45) is 0 Å². The Labute approximate surface area is 107 Å². The molecule has 2 aromatic rings. The molecule has 0 radical (unpaired) electrons. The Morgan fingerprint density at radius 1 is 1.44 bits per heavy atom. The average Bonchev–Trinajstić information content (AvgIpc) is 2.83. The van der Waals surface area contributed by atoms with Crippen molar-refractivity contribution in [2.75, 3.05) is 7.11 Å². The Kier molecular flexibility index (Phi) is 3.97. The summed E-state index contributed by atoms with van der Waals surface area (Å²) in [6.45, 7) is 2.11. The number of nitrogens with zero attached hydrogens (tertiary/aromatic N) is 2. The number of hydrogen-bond donors (Lipinski definition) is 0. The predicted octanol–water partition coefficient (Wildman–Crippen LogP) is 2.94. The molecule has 1 atom stereocenters. The summed E-state index contributed by atoms with van der Waals surface area (Å²) in [7, 11) is 1.43. The van der Waals surface area contributed by atoms with E-state index in [1.165, 1.54) is 7.11 Å². The van der Waals surface area contributed by atoms with E-state index in [1.807, 2.05) is 28.8 Å². The molecule has 0 bridgehead atoms. The van der Waals surface area contributed by atoms with Crippen LogP contribution in [0.15, 0.2) is 30.6 Å². The number of carbonyl (C=O) groups excluding carboxylic acids is 1. The van der Waals surface area contributed by atoms with Crippen LogP contribution in [0.5, 0.6) is 0 Å². The zero-order valence-electron chi connectivity index (χ0n) is 10.8. The van der Waals surface area contributed by atoms with Crippen molar-refractivity contribution < 1.29 is 9.53 Å². The number of ether oxygens (including phenoxy) is 1. The van der Waals surface area contributed by atoms with Gasteiger partial charge in [-0.3, -0.25) is 0 Å². The molecule has 4 heteroatoms. The van der Waals surface area contributed by atoms with Crippen molar-refractivity contribution in [3.8, 4) is 0 Å². The zero-order chi connectivity index (χ0) is 13.0. The lowest BCUT2D eigenvalue weighted by atomic mass is 10.1. The van der Waals surface area contributed by atoms with Gasteiger partial charge in [-0.25, -0.2) is 9.78 Å². The molecule has 2 rings (SSSR count). The van der Waals surface area contributed by atoms with E-state index in [0.29, 0.717) is 0 Å². The van der Waals surface area contributed by atoms with Gasteiger partial charge >= 0.3 is 5.97 Å². The molecular weight excluding hydrogens is 228 g/mol.